The van der Waals surface area contributed by atoms with E-state index in [2.05, 4.69) is 20.2 Å². The van der Waals surface area contributed by atoms with E-state index in [9.17, 15) is 9.59 Å². The van der Waals surface area contributed by atoms with Gasteiger partial charge in [0.05, 0.1) is 12.2 Å². The van der Waals surface area contributed by atoms with E-state index in [4.69, 9.17) is 5.11 Å². The fourth-order valence-corrected chi connectivity index (χ4v) is 3.39. The molecule has 1 aromatic heterocycles. The number of urea groups is 1. The van der Waals surface area contributed by atoms with E-state index in [1.807, 2.05) is 36.5 Å². The maximum Gasteiger partial charge on any atom is 0.315 e. The third-order valence-corrected chi connectivity index (χ3v) is 4.76. The molecule has 1 aromatic carbocycles. The van der Waals surface area contributed by atoms with Gasteiger partial charge in [0, 0.05) is 31.6 Å². The van der Waals surface area contributed by atoms with Crippen molar-refractivity contribution in [2.45, 2.75) is 57.7 Å². The quantitative estimate of drug-likeness (QED) is 0.665. The highest BCUT2D eigenvalue weighted by Gasteiger charge is 2.16. The van der Waals surface area contributed by atoms with Gasteiger partial charge in [-0.25, -0.2) is 9.78 Å². The van der Waals surface area contributed by atoms with Crippen LogP contribution in [0, 0.1) is 0 Å². The molecule has 1 aliphatic heterocycles. The average molecular weight is 370 g/mol. The number of carboxylic acids is 1. The first-order valence-electron chi connectivity index (χ1n) is 9.45. The van der Waals surface area contributed by atoms with Crippen molar-refractivity contribution in [3.8, 4) is 0 Å². The SMILES string of the molecule is O=C(O)CCC(Cc1ccccc1)NC(=O)NCc1cn2c(n1)CCCC2. The summed E-state index contributed by atoms with van der Waals surface area (Å²) < 4.78 is 2.16. The Balaban J connectivity index is 1.53. The van der Waals surface area contributed by atoms with Gasteiger partial charge in [-0.2, -0.15) is 0 Å². The van der Waals surface area contributed by atoms with Crippen molar-refractivity contribution < 1.29 is 14.7 Å². The van der Waals surface area contributed by atoms with Crippen molar-refractivity contribution in [2.24, 2.45) is 0 Å². The minimum Gasteiger partial charge on any atom is -0.481 e. The average Bonchev–Trinajstić information content (AvgIpc) is 3.08. The molecule has 7 heteroatoms. The predicted octanol–water partition coefficient (Wildman–Crippen LogP) is 2.49. The lowest BCUT2D eigenvalue weighted by atomic mass is 10.0. The van der Waals surface area contributed by atoms with Gasteiger partial charge in [0.2, 0.25) is 0 Å². The Morgan fingerprint density at radius 2 is 2.04 bits per heavy atom. The van der Waals surface area contributed by atoms with Crippen molar-refractivity contribution in [1.82, 2.24) is 20.2 Å². The minimum atomic E-state index is -0.862. The summed E-state index contributed by atoms with van der Waals surface area (Å²) in [5.74, 6) is 0.223. The first-order valence-corrected chi connectivity index (χ1v) is 9.45. The zero-order valence-corrected chi connectivity index (χ0v) is 15.4. The lowest BCUT2D eigenvalue weighted by Crippen LogP contribution is -2.43. The van der Waals surface area contributed by atoms with Gasteiger partial charge in [0.15, 0.2) is 0 Å². The Labute approximate surface area is 158 Å². The maximum absolute atomic E-state index is 12.3. The lowest BCUT2D eigenvalue weighted by Gasteiger charge is -2.18. The highest BCUT2D eigenvalue weighted by Crippen LogP contribution is 2.14. The van der Waals surface area contributed by atoms with Crippen molar-refractivity contribution >= 4 is 12.0 Å². The standard InChI is InChI=1S/C20H26N4O3/c25-19(26)10-9-16(12-15-6-2-1-3-7-15)23-20(27)21-13-17-14-24-11-5-4-8-18(24)22-17/h1-3,6-7,14,16H,4-5,8-13H2,(H,25,26)(H2,21,23,27). The van der Waals surface area contributed by atoms with Gasteiger partial charge in [0.1, 0.15) is 5.82 Å². The van der Waals surface area contributed by atoms with E-state index in [1.165, 1.54) is 6.42 Å². The fourth-order valence-electron chi connectivity index (χ4n) is 3.39. The Kier molecular flexibility index (Phi) is 6.46. The molecule has 0 aliphatic carbocycles. The number of hydrogen-bond acceptors (Lipinski definition) is 3. The van der Waals surface area contributed by atoms with Crippen LogP contribution in [0.5, 0.6) is 0 Å². The summed E-state index contributed by atoms with van der Waals surface area (Å²) in [6, 6.07) is 9.21. The number of carboxylic acid groups (broad SMARTS) is 1. The van der Waals surface area contributed by atoms with E-state index < -0.39 is 5.97 Å². The molecule has 0 saturated carbocycles. The summed E-state index contributed by atoms with van der Waals surface area (Å²) in [4.78, 5) is 27.8. The van der Waals surface area contributed by atoms with Gasteiger partial charge in [-0.1, -0.05) is 30.3 Å². The number of carbonyl (C=O) groups excluding carboxylic acids is 1. The molecule has 0 bridgehead atoms. The molecule has 2 amide bonds. The number of aromatic nitrogens is 2. The molecule has 7 nitrogen and oxygen atoms in total. The number of aryl methyl sites for hydroxylation is 2. The monoisotopic (exact) mass is 370 g/mol. The third kappa shape index (κ3) is 5.84. The molecule has 1 aliphatic rings. The smallest absolute Gasteiger partial charge is 0.315 e. The molecule has 1 unspecified atom stereocenters. The van der Waals surface area contributed by atoms with Crippen LogP contribution in [0.3, 0.4) is 0 Å². The van der Waals surface area contributed by atoms with Gasteiger partial charge in [-0.3, -0.25) is 4.79 Å². The fraction of sp³-hybridized carbons (Fsp3) is 0.450. The van der Waals surface area contributed by atoms with Crippen LogP contribution in [0.4, 0.5) is 4.79 Å². The second-order valence-corrected chi connectivity index (χ2v) is 6.95. The van der Waals surface area contributed by atoms with Gasteiger partial charge in [-0.05, 0) is 31.2 Å². The molecule has 2 aromatic rings. The largest absolute Gasteiger partial charge is 0.481 e. The summed E-state index contributed by atoms with van der Waals surface area (Å²) in [6.07, 6.45) is 6.32. The van der Waals surface area contributed by atoms with E-state index in [1.54, 1.807) is 0 Å². The van der Waals surface area contributed by atoms with Crippen LogP contribution in [0.15, 0.2) is 36.5 Å². The highest BCUT2D eigenvalue weighted by atomic mass is 16.4. The number of hydrogen-bond donors (Lipinski definition) is 3. The Morgan fingerprint density at radius 3 is 2.78 bits per heavy atom. The van der Waals surface area contributed by atoms with Gasteiger partial charge < -0.3 is 20.3 Å². The van der Waals surface area contributed by atoms with Crippen LogP contribution in [0.1, 0.15) is 42.8 Å². The Morgan fingerprint density at radius 1 is 1.22 bits per heavy atom. The number of fused-ring (bicyclic) bond motifs is 1. The summed E-state index contributed by atoms with van der Waals surface area (Å²) >= 11 is 0. The molecule has 1 atom stereocenters. The molecule has 3 N–H and O–H groups in total. The molecular formula is C20H26N4O3. The van der Waals surface area contributed by atoms with E-state index >= 15 is 0 Å². The van der Waals surface area contributed by atoms with Crippen LogP contribution >= 0.6 is 0 Å². The highest BCUT2D eigenvalue weighted by molar-refractivity contribution is 5.74. The molecule has 3 rings (SSSR count). The normalized spacial score (nSPS) is 14.2. The number of carbonyl (C=O) groups is 2. The summed E-state index contributed by atoms with van der Waals surface area (Å²) in [7, 11) is 0. The number of amides is 2. The topological polar surface area (TPSA) is 96.3 Å². The van der Waals surface area contributed by atoms with Crippen molar-refractivity contribution in [3.05, 3.63) is 53.6 Å². The Hall–Kier alpha value is -2.83. The number of rotatable bonds is 8. The molecule has 27 heavy (non-hydrogen) atoms. The zero-order chi connectivity index (χ0) is 19.1. The minimum absolute atomic E-state index is 0.0194. The molecule has 0 radical (unpaired) electrons. The van der Waals surface area contributed by atoms with Crippen LogP contribution in [0.25, 0.3) is 0 Å². The molecule has 0 spiro atoms. The second-order valence-electron chi connectivity index (χ2n) is 6.95. The molecule has 0 saturated heterocycles. The number of nitrogens with zero attached hydrogens (tertiary/aromatic N) is 2. The number of aliphatic carboxylic acids is 1. The van der Waals surface area contributed by atoms with Crippen LogP contribution < -0.4 is 10.6 Å². The third-order valence-electron chi connectivity index (χ3n) is 4.76. The van der Waals surface area contributed by atoms with Crippen molar-refractivity contribution in [3.63, 3.8) is 0 Å². The number of imidazole rings is 1. The molecule has 0 fully saturated rings. The summed E-state index contributed by atoms with van der Waals surface area (Å²) in [5.41, 5.74) is 1.92. The van der Waals surface area contributed by atoms with Gasteiger partial charge in [0.25, 0.3) is 0 Å². The molecular weight excluding hydrogens is 344 g/mol. The van der Waals surface area contributed by atoms with Crippen LogP contribution in [-0.2, 0) is 30.7 Å². The molecule has 144 valence electrons. The van der Waals surface area contributed by atoms with Crippen molar-refractivity contribution in [2.75, 3.05) is 0 Å². The zero-order valence-electron chi connectivity index (χ0n) is 15.4. The van der Waals surface area contributed by atoms with E-state index in [0.717, 1.165) is 36.5 Å². The summed E-state index contributed by atoms with van der Waals surface area (Å²) in [6.45, 7) is 1.35. The van der Waals surface area contributed by atoms with E-state index in [0.29, 0.717) is 19.4 Å². The number of benzene rings is 1. The lowest BCUT2D eigenvalue weighted by molar-refractivity contribution is -0.137. The van der Waals surface area contributed by atoms with Crippen molar-refractivity contribution in [1.29, 1.82) is 0 Å². The second kappa shape index (κ2) is 9.21. The molecule has 2 heterocycles. The van der Waals surface area contributed by atoms with Crippen LogP contribution in [-0.4, -0.2) is 32.7 Å². The summed E-state index contributed by atoms with van der Waals surface area (Å²) in [5, 5.41) is 14.7. The van der Waals surface area contributed by atoms with Gasteiger partial charge in [-0.15, -0.1) is 0 Å². The first-order chi connectivity index (χ1) is 13.1. The number of nitrogens with one attached hydrogen (secondary N) is 2. The Bertz CT molecular complexity index is 749. The predicted molar refractivity (Wildman–Crippen MR) is 101 cm³/mol. The van der Waals surface area contributed by atoms with Gasteiger partial charge >= 0.3 is 12.0 Å². The first kappa shape index (κ1) is 18.9. The van der Waals surface area contributed by atoms with Crippen LogP contribution in [0.2, 0.25) is 0 Å². The van der Waals surface area contributed by atoms with E-state index in [-0.39, 0.29) is 18.5 Å². The maximum atomic E-state index is 12.3.